The predicted molar refractivity (Wildman–Crippen MR) is 58.8 cm³/mol. The fourth-order valence-electron chi connectivity index (χ4n) is 1.29. The van der Waals surface area contributed by atoms with E-state index >= 15 is 0 Å². The largest absolute Gasteiger partial charge is 0.384 e. The van der Waals surface area contributed by atoms with Gasteiger partial charge in [-0.05, 0) is 30.5 Å². The normalized spacial score (nSPS) is 12.6. The number of aryl methyl sites for hydroxylation is 2. The smallest absolute Gasteiger partial charge is 0.0969 e. The summed E-state index contributed by atoms with van der Waals surface area (Å²) in [5.74, 6) is 0. The summed E-state index contributed by atoms with van der Waals surface area (Å²) in [5, 5.41) is 9.54. The van der Waals surface area contributed by atoms with E-state index in [1.807, 2.05) is 26.0 Å². The summed E-state index contributed by atoms with van der Waals surface area (Å²) in [5.41, 5.74) is 3.17. The van der Waals surface area contributed by atoms with Gasteiger partial charge in [-0.2, -0.15) is 0 Å². The number of rotatable bonds is 2. The molecule has 0 saturated heterocycles. The number of hydrogen-bond donors (Lipinski definition) is 1. The van der Waals surface area contributed by atoms with E-state index in [4.69, 9.17) is 0 Å². The molecule has 1 nitrogen and oxygen atoms in total. The zero-order chi connectivity index (χ0) is 10.0. The first kappa shape index (κ1) is 10.5. The van der Waals surface area contributed by atoms with E-state index in [-0.39, 0.29) is 0 Å². The maximum atomic E-state index is 9.54. The second kappa shape index (κ2) is 4.07. The lowest BCUT2D eigenvalue weighted by Crippen LogP contribution is -1.95. The first-order valence-electron chi connectivity index (χ1n) is 4.13. The van der Waals surface area contributed by atoms with Gasteiger partial charge in [-0.1, -0.05) is 34.1 Å². The van der Waals surface area contributed by atoms with Gasteiger partial charge in [0.15, 0.2) is 0 Å². The van der Waals surface area contributed by atoms with Gasteiger partial charge in [-0.15, -0.1) is 6.58 Å². The number of hydrogen-bond acceptors (Lipinski definition) is 1. The fourth-order valence-corrected chi connectivity index (χ4v) is 1.52. The van der Waals surface area contributed by atoms with E-state index < -0.39 is 6.10 Å². The Morgan fingerprint density at radius 1 is 1.38 bits per heavy atom. The van der Waals surface area contributed by atoms with Crippen molar-refractivity contribution in [3.63, 3.8) is 0 Å². The SMILES string of the molecule is C=CC(O)c1cc(C)c(Br)c(C)c1. The Morgan fingerprint density at radius 3 is 2.23 bits per heavy atom. The average Bonchev–Trinajstić information content (AvgIpc) is 2.12. The molecule has 0 aliphatic carbocycles. The molecule has 0 saturated carbocycles. The molecule has 0 aliphatic heterocycles. The molecule has 0 spiro atoms. The van der Waals surface area contributed by atoms with Crippen molar-refractivity contribution < 1.29 is 5.11 Å². The summed E-state index contributed by atoms with van der Waals surface area (Å²) in [6, 6.07) is 3.92. The minimum atomic E-state index is -0.564. The van der Waals surface area contributed by atoms with Crippen LogP contribution >= 0.6 is 15.9 Å². The summed E-state index contributed by atoms with van der Waals surface area (Å²) in [4.78, 5) is 0. The van der Waals surface area contributed by atoms with E-state index in [0.717, 1.165) is 21.2 Å². The van der Waals surface area contributed by atoms with Crippen LogP contribution in [0, 0.1) is 13.8 Å². The van der Waals surface area contributed by atoms with Gasteiger partial charge >= 0.3 is 0 Å². The van der Waals surface area contributed by atoms with Crippen molar-refractivity contribution in [1.82, 2.24) is 0 Å². The van der Waals surface area contributed by atoms with Gasteiger partial charge in [0.1, 0.15) is 0 Å². The third-order valence-electron chi connectivity index (χ3n) is 2.02. The van der Waals surface area contributed by atoms with Crippen molar-refractivity contribution in [3.05, 3.63) is 46.0 Å². The van der Waals surface area contributed by atoms with Gasteiger partial charge in [-0.25, -0.2) is 0 Å². The van der Waals surface area contributed by atoms with Crippen LogP contribution in [0.4, 0.5) is 0 Å². The average molecular weight is 241 g/mol. The third kappa shape index (κ3) is 2.20. The Labute approximate surface area is 87.2 Å². The van der Waals surface area contributed by atoms with Crippen LogP contribution < -0.4 is 0 Å². The fraction of sp³-hybridized carbons (Fsp3) is 0.273. The molecule has 1 N–H and O–H groups in total. The molecule has 0 aromatic heterocycles. The predicted octanol–water partition coefficient (Wildman–Crippen LogP) is 3.29. The summed E-state index contributed by atoms with van der Waals surface area (Å²) in [7, 11) is 0. The highest BCUT2D eigenvalue weighted by atomic mass is 79.9. The monoisotopic (exact) mass is 240 g/mol. The molecule has 1 aromatic rings. The molecule has 1 aromatic carbocycles. The molecule has 1 atom stereocenters. The van der Waals surface area contributed by atoms with E-state index in [2.05, 4.69) is 22.5 Å². The van der Waals surface area contributed by atoms with Gasteiger partial charge in [-0.3, -0.25) is 0 Å². The van der Waals surface area contributed by atoms with Crippen LogP contribution in [-0.2, 0) is 0 Å². The first-order chi connectivity index (χ1) is 6.06. The number of benzene rings is 1. The van der Waals surface area contributed by atoms with Crippen molar-refractivity contribution in [3.8, 4) is 0 Å². The van der Waals surface area contributed by atoms with Crippen molar-refractivity contribution in [2.75, 3.05) is 0 Å². The zero-order valence-corrected chi connectivity index (χ0v) is 9.43. The molecule has 0 amide bonds. The molecule has 13 heavy (non-hydrogen) atoms. The lowest BCUT2D eigenvalue weighted by molar-refractivity contribution is 0.229. The molecule has 0 fully saturated rings. The van der Waals surface area contributed by atoms with E-state index in [0.29, 0.717) is 0 Å². The van der Waals surface area contributed by atoms with Crippen molar-refractivity contribution in [2.45, 2.75) is 20.0 Å². The summed E-state index contributed by atoms with van der Waals surface area (Å²) in [6.07, 6.45) is 0.966. The number of halogens is 1. The van der Waals surface area contributed by atoms with E-state index in [1.165, 1.54) is 6.08 Å². The second-order valence-corrected chi connectivity index (χ2v) is 3.94. The minimum Gasteiger partial charge on any atom is -0.384 e. The van der Waals surface area contributed by atoms with Crippen LogP contribution in [0.3, 0.4) is 0 Å². The molecular weight excluding hydrogens is 228 g/mol. The lowest BCUT2D eigenvalue weighted by atomic mass is 10.0. The van der Waals surface area contributed by atoms with Crippen LogP contribution in [0.15, 0.2) is 29.3 Å². The van der Waals surface area contributed by atoms with E-state index in [9.17, 15) is 5.11 Å². The highest BCUT2D eigenvalue weighted by molar-refractivity contribution is 9.10. The van der Waals surface area contributed by atoms with Crippen molar-refractivity contribution in [1.29, 1.82) is 0 Å². The van der Waals surface area contributed by atoms with Crippen LogP contribution in [0.1, 0.15) is 22.8 Å². The van der Waals surface area contributed by atoms with Crippen molar-refractivity contribution >= 4 is 15.9 Å². The topological polar surface area (TPSA) is 20.2 Å². The first-order valence-corrected chi connectivity index (χ1v) is 4.93. The van der Waals surface area contributed by atoms with E-state index in [1.54, 1.807) is 0 Å². The van der Waals surface area contributed by atoms with Gasteiger partial charge in [0.05, 0.1) is 6.10 Å². The summed E-state index contributed by atoms with van der Waals surface area (Å²) < 4.78 is 1.10. The van der Waals surface area contributed by atoms with Crippen molar-refractivity contribution in [2.24, 2.45) is 0 Å². The zero-order valence-electron chi connectivity index (χ0n) is 7.84. The Hall–Kier alpha value is -0.600. The molecule has 0 heterocycles. The molecule has 70 valence electrons. The Balaban J connectivity index is 3.20. The highest BCUT2D eigenvalue weighted by Crippen LogP contribution is 2.25. The number of aliphatic hydroxyl groups is 1. The molecule has 0 bridgehead atoms. The minimum absolute atomic E-state index is 0.564. The molecular formula is C11H13BrO. The second-order valence-electron chi connectivity index (χ2n) is 3.15. The van der Waals surface area contributed by atoms with Crippen LogP contribution in [0.25, 0.3) is 0 Å². The lowest BCUT2D eigenvalue weighted by Gasteiger charge is -2.10. The van der Waals surface area contributed by atoms with Crippen LogP contribution in [0.5, 0.6) is 0 Å². The Morgan fingerprint density at radius 2 is 1.85 bits per heavy atom. The van der Waals surface area contributed by atoms with Gasteiger partial charge in [0.2, 0.25) is 0 Å². The molecule has 1 rings (SSSR count). The van der Waals surface area contributed by atoms with Gasteiger partial charge < -0.3 is 5.11 Å². The third-order valence-corrected chi connectivity index (χ3v) is 3.27. The maximum Gasteiger partial charge on any atom is 0.0969 e. The Bertz CT molecular complexity index is 308. The maximum absolute atomic E-state index is 9.54. The molecule has 0 radical (unpaired) electrons. The molecule has 0 aliphatic rings. The number of aliphatic hydroxyl groups excluding tert-OH is 1. The Kier molecular flexibility index (Phi) is 3.28. The molecule has 2 heteroatoms. The summed E-state index contributed by atoms with van der Waals surface area (Å²) >= 11 is 3.48. The molecule has 1 unspecified atom stereocenters. The van der Waals surface area contributed by atoms with Gasteiger partial charge in [0.25, 0.3) is 0 Å². The van der Waals surface area contributed by atoms with Crippen LogP contribution in [0.2, 0.25) is 0 Å². The summed E-state index contributed by atoms with van der Waals surface area (Å²) in [6.45, 7) is 7.58. The highest BCUT2D eigenvalue weighted by Gasteiger charge is 2.06. The standard InChI is InChI=1S/C11H13BrO/c1-4-10(13)9-5-7(2)11(12)8(3)6-9/h4-6,10,13H,1H2,2-3H3. The quantitative estimate of drug-likeness (QED) is 0.787. The van der Waals surface area contributed by atoms with Crippen LogP contribution in [-0.4, -0.2) is 5.11 Å². The van der Waals surface area contributed by atoms with Gasteiger partial charge in [0, 0.05) is 4.47 Å².